The first-order valence-electron chi connectivity index (χ1n) is 5.25. The highest BCUT2D eigenvalue weighted by Crippen LogP contribution is 2.30. The van der Waals surface area contributed by atoms with E-state index in [0.717, 1.165) is 0 Å². The minimum atomic E-state index is -0.502. The van der Waals surface area contributed by atoms with E-state index in [1.807, 2.05) is 13.8 Å². The van der Waals surface area contributed by atoms with Crippen LogP contribution in [0.5, 0.6) is 11.5 Å². The number of nitro benzene ring substituents is 1. The minimum Gasteiger partial charge on any atom is -0.497 e. The Morgan fingerprint density at radius 3 is 2.59 bits per heavy atom. The molecule has 0 fully saturated rings. The van der Waals surface area contributed by atoms with Crippen LogP contribution in [0.3, 0.4) is 0 Å². The quantitative estimate of drug-likeness (QED) is 0.449. The molecule has 1 aromatic rings. The first-order chi connectivity index (χ1) is 8.19. The van der Waals surface area contributed by atoms with Gasteiger partial charge in [-0.2, -0.15) is 0 Å². The van der Waals surface area contributed by atoms with Crippen LogP contribution in [-0.2, 0) is 0 Å². The van der Waals surface area contributed by atoms with Crippen molar-refractivity contribution in [2.75, 3.05) is 13.7 Å². The largest absolute Gasteiger partial charge is 0.497 e. The number of nitro groups is 1. The van der Waals surface area contributed by atoms with Crippen LogP contribution >= 0.6 is 0 Å². The van der Waals surface area contributed by atoms with Crippen molar-refractivity contribution in [2.45, 2.75) is 13.8 Å². The second-order valence-corrected chi connectivity index (χ2v) is 2.69. The molecule has 5 heteroatoms. The van der Waals surface area contributed by atoms with E-state index in [0.29, 0.717) is 5.75 Å². The molecule has 0 heterocycles. The van der Waals surface area contributed by atoms with Gasteiger partial charge in [0, 0.05) is 12.1 Å². The number of hydrogen-bond donors (Lipinski definition) is 0. The Bertz CT molecular complexity index is 377. The van der Waals surface area contributed by atoms with Crippen LogP contribution in [0.25, 0.3) is 0 Å². The number of hydrogen-bond acceptors (Lipinski definition) is 4. The molecular weight excluding hydrogens is 222 g/mol. The van der Waals surface area contributed by atoms with Gasteiger partial charge in [-0.1, -0.05) is 26.5 Å². The van der Waals surface area contributed by atoms with Gasteiger partial charge in [-0.15, -0.1) is 0 Å². The summed E-state index contributed by atoms with van der Waals surface area (Å²) in [6.45, 7) is 7.68. The van der Waals surface area contributed by atoms with Crippen LogP contribution in [-0.4, -0.2) is 18.6 Å². The summed E-state index contributed by atoms with van der Waals surface area (Å²) in [5, 5.41) is 10.6. The predicted molar refractivity (Wildman–Crippen MR) is 66.7 cm³/mol. The van der Waals surface area contributed by atoms with Crippen LogP contribution in [0.4, 0.5) is 5.69 Å². The van der Waals surface area contributed by atoms with Crippen molar-refractivity contribution in [2.24, 2.45) is 0 Å². The zero-order valence-corrected chi connectivity index (χ0v) is 10.3. The van der Waals surface area contributed by atoms with Gasteiger partial charge in [0.25, 0.3) is 0 Å². The fourth-order valence-corrected chi connectivity index (χ4v) is 1.04. The van der Waals surface area contributed by atoms with Gasteiger partial charge in [-0.3, -0.25) is 10.1 Å². The molecule has 1 aromatic carbocycles. The minimum absolute atomic E-state index is 0.0855. The van der Waals surface area contributed by atoms with E-state index in [1.54, 1.807) is 0 Å². The second-order valence-electron chi connectivity index (χ2n) is 2.69. The van der Waals surface area contributed by atoms with Gasteiger partial charge < -0.3 is 9.47 Å². The summed E-state index contributed by atoms with van der Waals surface area (Å²) in [6.07, 6.45) is 1.52. The molecule has 0 saturated heterocycles. The summed E-state index contributed by atoms with van der Waals surface area (Å²) in [5.74, 6) is 0.693. The summed E-state index contributed by atoms with van der Waals surface area (Å²) >= 11 is 0. The van der Waals surface area contributed by atoms with Gasteiger partial charge in [0.2, 0.25) is 5.75 Å². The van der Waals surface area contributed by atoms with E-state index in [9.17, 15) is 10.1 Å². The fraction of sp³-hybridized carbons (Fsp3) is 0.333. The Kier molecular flexibility index (Phi) is 7.17. The first-order valence-corrected chi connectivity index (χ1v) is 5.25. The summed E-state index contributed by atoms with van der Waals surface area (Å²) in [7, 11) is 1.48. The molecule has 0 bridgehead atoms. The number of benzene rings is 1. The van der Waals surface area contributed by atoms with Gasteiger partial charge in [0.05, 0.1) is 12.0 Å². The zero-order chi connectivity index (χ0) is 13.3. The topological polar surface area (TPSA) is 61.6 Å². The monoisotopic (exact) mass is 239 g/mol. The van der Waals surface area contributed by atoms with E-state index in [-0.39, 0.29) is 18.0 Å². The summed E-state index contributed by atoms with van der Waals surface area (Å²) in [6, 6.07) is 4.33. The summed E-state index contributed by atoms with van der Waals surface area (Å²) < 4.78 is 10.1. The Hall–Kier alpha value is -2.04. The number of methoxy groups -OCH3 is 1. The van der Waals surface area contributed by atoms with Crippen molar-refractivity contribution in [1.82, 2.24) is 0 Å². The molecule has 0 aliphatic heterocycles. The lowest BCUT2D eigenvalue weighted by molar-refractivity contribution is -0.385. The highest BCUT2D eigenvalue weighted by molar-refractivity contribution is 5.50. The average molecular weight is 239 g/mol. The van der Waals surface area contributed by atoms with Gasteiger partial charge >= 0.3 is 5.69 Å². The van der Waals surface area contributed by atoms with Crippen molar-refractivity contribution >= 4 is 5.69 Å². The lowest BCUT2D eigenvalue weighted by Crippen LogP contribution is -1.98. The zero-order valence-electron chi connectivity index (χ0n) is 10.3. The molecule has 5 nitrogen and oxygen atoms in total. The SMILES string of the molecule is C=CCOc1cc(OC)ccc1[N+](=O)[O-].CC. The molecule has 0 aliphatic carbocycles. The maximum Gasteiger partial charge on any atom is 0.311 e. The lowest BCUT2D eigenvalue weighted by Gasteiger charge is -2.06. The van der Waals surface area contributed by atoms with Gasteiger partial charge in [-0.05, 0) is 6.07 Å². The van der Waals surface area contributed by atoms with Crippen molar-refractivity contribution in [3.05, 3.63) is 41.0 Å². The second kappa shape index (κ2) is 8.15. The third kappa shape index (κ3) is 4.55. The Morgan fingerprint density at radius 1 is 1.47 bits per heavy atom. The number of rotatable bonds is 5. The number of nitrogens with zero attached hydrogens (tertiary/aromatic N) is 1. The van der Waals surface area contributed by atoms with Crippen molar-refractivity contribution in [3.63, 3.8) is 0 Å². The molecular formula is C12H17NO4. The smallest absolute Gasteiger partial charge is 0.311 e. The van der Waals surface area contributed by atoms with Gasteiger partial charge in [0.15, 0.2) is 0 Å². The van der Waals surface area contributed by atoms with E-state index >= 15 is 0 Å². The molecule has 0 N–H and O–H groups in total. The van der Waals surface area contributed by atoms with Crippen molar-refractivity contribution in [1.29, 1.82) is 0 Å². The van der Waals surface area contributed by atoms with E-state index in [4.69, 9.17) is 9.47 Å². The van der Waals surface area contributed by atoms with Crippen LogP contribution in [0, 0.1) is 10.1 Å². The van der Waals surface area contributed by atoms with E-state index < -0.39 is 4.92 Å². The Morgan fingerprint density at radius 2 is 2.12 bits per heavy atom. The molecule has 0 unspecified atom stereocenters. The summed E-state index contributed by atoms with van der Waals surface area (Å²) in [4.78, 5) is 10.1. The first kappa shape index (κ1) is 15.0. The third-order valence-corrected chi connectivity index (χ3v) is 1.72. The molecule has 0 spiro atoms. The van der Waals surface area contributed by atoms with E-state index in [2.05, 4.69) is 6.58 Å². The molecule has 0 aliphatic rings. The van der Waals surface area contributed by atoms with Crippen LogP contribution in [0.15, 0.2) is 30.9 Å². The van der Waals surface area contributed by atoms with Gasteiger partial charge in [0.1, 0.15) is 12.4 Å². The molecule has 1 rings (SSSR count). The van der Waals surface area contributed by atoms with E-state index in [1.165, 1.54) is 31.4 Å². The molecule has 0 aromatic heterocycles. The van der Waals surface area contributed by atoms with Crippen molar-refractivity contribution < 1.29 is 14.4 Å². The molecule has 0 atom stereocenters. The Balaban J connectivity index is 0.00000121. The van der Waals surface area contributed by atoms with Crippen LogP contribution in [0.1, 0.15) is 13.8 Å². The fourth-order valence-electron chi connectivity index (χ4n) is 1.04. The van der Waals surface area contributed by atoms with Gasteiger partial charge in [-0.25, -0.2) is 0 Å². The summed E-state index contributed by atoms with van der Waals surface area (Å²) in [5.41, 5.74) is -0.0855. The third-order valence-electron chi connectivity index (χ3n) is 1.72. The maximum absolute atomic E-state index is 10.6. The molecule has 0 amide bonds. The standard InChI is InChI=1S/C10H11NO4.C2H6/c1-3-6-15-10-7-8(14-2)4-5-9(10)11(12)13;1-2/h3-5,7H,1,6H2,2H3;1-2H3. The molecule has 94 valence electrons. The highest BCUT2D eigenvalue weighted by atomic mass is 16.6. The van der Waals surface area contributed by atoms with Crippen molar-refractivity contribution in [3.8, 4) is 11.5 Å². The van der Waals surface area contributed by atoms with Crippen LogP contribution in [0.2, 0.25) is 0 Å². The molecule has 0 radical (unpaired) electrons. The Labute approximate surface area is 101 Å². The highest BCUT2D eigenvalue weighted by Gasteiger charge is 2.15. The normalized spacial score (nSPS) is 8.65. The molecule has 17 heavy (non-hydrogen) atoms. The van der Waals surface area contributed by atoms with Crippen LogP contribution < -0.4 is 9.47 Å². The maximum atomic E-state index is 10.6. The lowest BCUT2D eigenvalue weighted by atomic mass is 10.3. The number of ether oxygens (including phenoxy) is 2. The predicted octanol–water partition coefficient (Wildman–Crippen LogP) is 3.19. The average Bonchev–Trinajstić information content (AvgIpc) is 2.38. The molecule has 0 saturated carbocycles.